The Morgan fingerprint density at radius 3 is 2.75 bits per heavy atom. The number of aromatic nitrogens is 2. The maximum atomic E-state index is 12.0. The third kappa shape index (κ3) is 3.15. The lowest BCUT2D eigenvalue weighted by atomic mass is 10.1. The Hall–Kier alpha value is -1.92. The minimum absolute atomic E-state index is 0. The van der Waals surface area contributed by atoms with Crippen molar-refractivity contribution in [2.45, 2.75) is 12.5 Å². The number of nitrogens with zero attached hydrogens (tertiary/aromatic N) is 2. The van der Waals surface area contributed by atoms with Crippen LogP contribution in [0.3, 0.4) is 0 Å². The van der Waals surface area contributed by atoms with Gasteiger partial charge in [0.2, 0.25) is 12.2 Å². The van der Waals surface area contributed by atoms with Crippen molar-refractivity contribution in [1.29, 1.82) is 0 Å². The van der Waals surface area contributed by atoms with Crippen LogP contribution < -0.4 is 10.6 Å². The Bertz CT molecular complexity index is 550. The molecule has 106 valence electrons. The van der Waals surface area contributed by atoms with E-state index in [9.17, 15) is 4.79 Å². The summed E-state index contributed by atoms with van der Waals surface area (Å²) in [5, 5.41) is 9.96. The highest BCUT2D eigenvalue weighted by Crippen LogP contribution is 2.15. The van der Waals surface area contributed by atoms with Gasteiger partial charge in [0.25, 0.3) is 5.91 Å². The average molecular weight is 295 g/mol. The first-order valence-corrected chi connectivity index (χ1v) is 6.21. The molecular formula is C13H15ClN4O2. The second-order valence-electron chi connectivity index (χ2n) is 4.50. The van der Waals surface area contributed by atoms with Crippen LogP contribution in [0.5, 0.6) is 0 Å². The number of hydrogen-bond acceptors (Lipinski definition) is 5. The Morgan fingerprint density at radius 2 is 2.15 bits per heavy atom. The van der Waals surface area contributed by atoms with Gasteiger partial charge in [-0.1, -0.05) is 17.3 Å². The van der Waals surface area contributed by atoms with Crippen molar-refractivity contribution in [3.05, 3.63) is 36.2 Å². The summed E-state index contributed by atoms with van der Waals surface area (Å²) >= 11 is 0. The lowest BCUT2D eigenvalue weighted by molar-refractivity contribution is 0.0940. The number of halogens is 1. The fourth-order valence-corrected chi connectivity index (χ4v) is 2.12. The van der Waals surface area contributed by atoms with E-state index >= 15 is 0 Å². The molecule has 1 aromatic heterocycles. The number of benzene rings is 1. The van der Waals surface area contributed by atoms with E-state index in [1.54, 1.807) is 12.1 Å². The standard InChI is InChI=1S/C13H14N4O2.ClH/c18-13(16-11-5-6-14-7-11)10-3-1-9(2-4-10)12-15-8-19-17-12;/h1-4,8,11,14H,5-7H2,(H,16,18);1H. The van der Waals surface area contributed by atoms with Crippen LogP contribution in [0.4, 0.5) is 0 Å². The zero-order chi connectivity index (χ0) is 13.1. The molecule has 0 spiro atoms. The molecule has 1 saturated heterocycles. The summed E-state index contributed by atoms with van der Waals surface area (Å²) in [5.74, 6) is 0.473. The van der Waals surface area contributed by atoms with Crippen LogP contribution in [0.2, 0.25) is 0 Å². The molecule has 1 fully saturated rings. The summed E-state index contributed by atoms with van der Waals surface area (Å²) in [7, 11) is 0. The highest BCUT2D eigenvalue weighted by molar-refractivity contribution is 5.94. The van der Waals surface area contributed by atoms with Gasteiger partial charge in [0.15, 0.2) is 0 Å². The monoisotopic (exact) mass is 294 g/mol. The van der Waals surface area contributed by atoms with Gasteiger partial charge in [-0.2, -0.15) is 4.98 Å². The highest BCUT2D eigenvalue weighted by Gasteiger charge is 2.17. The Labute approximate surface area is 122 Å². The molecule has 20 heavy (non-hydrogen) atoms. The molecule has 7 heteroatoms. The van der Waals surface area contributed by atoms with Crippen molar-refractivity contribution in [3.63, 3.8) is 0 Å². The largest absolute Gasteiger partial charge is 0.348 e. The molecule has 1 aliphatic rings. The number of carbonyl (C=O) groups is 1. The Morgan fingerprint density at radius 1 is 1.35 bits per heavy atom. The molecule has 2 aromatic rings. The predicted molar refractivity (Wildman–Crippen MR) is 75.7 cm³/mol. The lowest BCUT2D eigenvalue weighted by Crippen LogP contribution is -2.36. The van der Waals surface area contributed by atoms with Gasteiger partial charge in [-0.25, -0.2) is 0 Å². The maximum Gasteiger partial charge on any atom is 0.251 e. The molecule has 0 aliphatic carbocycles. The molecule has 1 unspecified atom stereocenters. The zero-order valence-corrected chi connectivity index (χ0v) is 11.5. The van der Waals surface area contributed by atoms with Crippen LogP contribution in [0, 0.1) is 0 Å². The third-order valence-electron chi connectivity index (χ3n) is 3.16. The van der Waals surface area contributed by atoms with Crippen molar-refractivity contribution in [2.75, 3.05) is 13.1 Å². The molecule has 1 aliphatic heterocycles. The van der Waals surface area contributed by atoms with Crippen LogP contribution in [-0.4, -0.2) is 35.2 Å². The summed E-state index contributed by atoms with van der Waals surface area (Å²) in [6.45, 7) is 1.80. The summed E-state index contributed by atoms with van der Waals surface area (Å²) < 4.78 is 4.69. The summed E-state index contributed by atoms with van der Waals surface area (Å²) in [4.78, 5) is 16.0. The van der Waals surface area contributed by atoms with E-state index in [1.807, 2.05) is 12.1 Å². The van der Waals surface area contributed by atoms with Crippen molar-refractivity contribution < 1.29 is 9.32 Å². The molecule has 0 radical (unpaired) electrons. The van der Waals surface area contributed by atoms with E-state index in [-0.39, 0.29) is 24.4 Å². The molecule has 1 aromatic carbocycles. The number of amides is 1. The SMILES string of the molecule is Cl.O=C(NC1CCNC1)c1ccc(-c2ncon2)cc1. The molecule has 1 atom stereocenters. The van der Waals surface area contributed by atoms with Crippen LogP contribution in [0.1, 0.15) is 16.8 Å². The molecule has 1 amide bonds. The zero-order valence-electron chi connectivity index (χ0n) is 10.7. The number of nitrogens with one attached hydrogen (secondary N) is 2. The van der Waals surface area contributed by atoms with Gasteiger partial charge in [-0.3, -0.25) is 4.79 Å². The van der Waals surface area contributed by atoms with Crippen molar-refractivity contribution in [1.82, 2.24) is 20.8 Å². The van der Waals surface area contributed by atoms with E-state index in [1.165, 1.54) is 6.39 Å². The number of carbonyl (C=O) groups excluding carboxylic acids is 1. The topological polar surface area (TPSA) is 80.0 Å². The minimum Gasteiger partial charge on any atom is -0.348 e. The summed E-state index contributed by atoms with van der Waals surface area (Å²) in [5.41, 5.74) is 1.46. The number of rotatable bonds is 3. The molecule has 2 heterocycles. The van der Waals surface area contributed by atoms with Crippen molar-refractivity contribution in [3.8, 4) is 11.4 Å². The van der Waals surface area contributed by atoms with Gasteiger partial charge in [-0.15, -0.1) is 12.4 Å². The second kappa shape index (κ2) is 6.49. The molecule has 0 bridgehead atoms. The van der Waals surface area contributed by atoms with E-state index in [2.05, 4.69) is 25.3 Å². The second-order valence-corrected chi connectivity index (χ2v) is 4.50. The summed E-state index contributed by atoms with van der Waals surface area (Å²) in [6, 6.07) is 7.39. The molecule has 0 saturated carbocycles. The van der Waals surface area contributed by atoms with E-state index < -0.39 is 0 Å². The van der Waals surface area contributed by atoms with E-state index in [0.717, 1.165) is 25.1 Å². The van der Waals surface area contributed by atoms with Crippen LogP contribution >= 0.6 is 12.4 Å². The van der Waals surface area contributed by atoms with E-state index in [0.29, 0.717) is 11.4 Å². The van der Waals surface area contributed by atoms with E-state index in [4.69, 9.17) is 0 Å². The predicted octanol–water partition coefficient (Wildman–Crippen LogP) is 1.25. The fourth-order valence-electron chi connectivity index (χ4n) is 2.12. The van der Waals surface area contributed by atoms with Crippen molar-refractivity contribution >= 4 is 18.3 Å². The molecule has 2 N–H and O–H groups in total. The normalized spacial score (nSPS) is 17.5. The molecule has 3 rings (SSSR count). The van der Waals surface area contributed by atoms with Gasteiger partial charge < -0.3 is 15.2 Å². The first kappa shape index (κ1) is 14.5. The molecule has 6 nitrogen and oxygen atoms in total. The maximum absolute atomic E-state index is 12.0. The van der Waals surface area contributed by atoms with Crippen LogP contribution in [0.15, 0.2) is 35.2 Å². The first-order chi connectivity index (χ1) is 9.33. The highest BCUT2D eigenvalue weighted by atomic mass is 35.5. The summed E-state index contributed by atoms with van der Waals surface area (Å²) in [6.07, 6.45) is 2.26. The minimum atomic E-state index is -0.0478. The first-order valence-electron chi connectivity index (χ1n) is 6.21. The fraction of sp³-hybridized carbons (Fsp3) is 0.308. The van der Waals surface area contributed by atoms with Gasteiger partial charge in [0.1, 0.15) is 0 Å². The van der Waals surface area contributed by atoms with Crippen molar-refractivity contribution in [2.24, 2.45) is 0 Å². The van der Waals surface area contributed by atoms with Crippen LogP contribution in [-0.2, 0) is 0 Å². The Kier molecular flexibility index (Phi) is 4.70. The lowest BCUT2D eigenvalue weighted by Gasteiger charge is -2.11. The smallest absolute Gasteiger partial charge is 0.251 e. The van der Waals surface area contributed by atoms with Gasteiger partial charge in [0.05, 0.1) is 0 Å². The number of hydrogen-bond donors (Lipinski definition) is 2. The van der Waals surface area contributed by atoms with Gasteiger partial charge >= 0.3 is 0 Å². The third-order valence-corrected chi connectivity index (χ3v) is 3.16. The Balaban J connectivity index is 0.00000147. The van der Waals surface area contributed by atoms with Gasteiger partial charge in [0, 0.05) is 23.7 Å². The quantitative estimate of drug-likeness (QED) is 0.890. The van der Waals surface area contributed by atoms with Gasteiger partial charge in [-0.05, 0) is 25.1 Å². The van der Waals surface area contributed by atoms with Crippen LogP contribution in [0.25, 0.3) is 11.4 Å². The molecular weight excluding hydrogens is 280 g/mol. The average Bonchev–Trinajstić information content (AvgIpc) is 3.12.